The van der Waals surface area contributed by atoms with E-state index in [4.69, 9.17) is 0 Å². The maximum atomic E-state index is 2.62. The van der Waals surface area contributed by atoms with Crippen molar-refractivity contribution in [2.45, 2.75) is 124 Å². The highest BCUT2D eigenvalue weighted by Gasteiger charge is 2.45. The lowest BCUT2D eigenvalue weighted by atomic mass is 9.33. The predicted octanol–water partition coefficient (Wildman–Crippen LogP) is 14.6. The van der Waals surface area contributed by atoms with Crippen molar-refractivity contribution in [3.05, 3.63) is 165 Å². The first-order valence-corrected chi connectivity index (χ1v) is 24.2. The average Bonchev–Trinajstić information content (AvgIpc) is 3.63. The summed E-state index contributed by atoms with van der Waals surface area (Å²) in [5, 5.41) is 1.42. The molecule has 3 heterocycles. The van der Waals surface area contributed by atoms with Gasteiger partial charge >= 0.3 is 0 Å². The third-order valence-corrected chi connectivity index (χ3v) is 16.4. The third kappa shape index (κ3) is 6.33. The van der Waals surface area contributed by atoms with E-state index in [-0.39, 0.29) is 28.4 Å². The number of rotatable bonds is 3. The molecular weight excluding hydrogens is 780 g/mol. The number of anilines is 6. The Labute approximate surface area is 380 Å². The van der Waals surface area contributed by atoms with E-state index in [0.29, 0.717) is 0 Å². The molecule has 6 aromatic carbocycles. The van der Waals surface area contributed by atoms with Gasteiger partial charge in [0.15, 0.2) is 0 Å². The standard InChI is InChI=1S/C59H61BN2S/c1-36-31-51-54-52(32-36)62(41-25-26-45-46(35-41)59(10,11)30-29-58(45,8)9)49-28-22-38(56(2,3)4)33-48(49)60(54)47-27-21-39(57(5,6)7)34-50(47)61(51)40-23-19-37(20-24-40)42-16-14-17-44-43-15-12-13-18-53(43)63-55(42)44/h12-13,15-16,18-28,31-35H,14,17,29-30H2,1-11H3. The number of fused-ring (bicyclic) bond motifs is 8. The molecule has 2 aliphatic carbocycles. The number of allylic oxidation sites excluding steroid dienone is 1. The van der Waals surface area contributed by atoms with Crippen LogP contribution in [0.2, 0.25) is 0 Å². The Morgan fingerprint density at radius 2 is 1.22 bits per heavy atom. The second-order valence-electron chi connectivity index (χ2n) is 22.5. The maximum absolute atomic E-state index is 2.62. The zero-order chi connectivity index (χ0) is 44.0. The summed E-state index contributed by atoms with van der Waals surface area (Å²) in [6.07, 6.45) is 7.05. The van der Waals surface area contributed by atoms with Crippen molar-refractivity contribution < 1.29 is 0 Å². The minimum absolute atomic E-state index is 0.00339. The summed E-state index contributed by atoms with van der Waals surface area (Å²) in [6.45, 7) is 26.2. The van der Waals surface area contributed by atoms with E-state index in [9.17, 15) is 0 Å². The minimum Gasteiger partial charge on any atom is -0.311 e. The fourth-order valence-electron chi connectivity index (χ4n) is 11.4. The summed E-state index contributed by atoms with van der Waals surface area (Å²) in [5.41, 5.74) is 23.2. The van der Waals surface area contributed by atoms with E-state index in [1.54, 1.807) is 0 Å². The van der Waals surface area contributed by atoms with Crippen molar-refractivity contribution in [3.63, 3.8) is 0 Å². The van der Waals surface area contributed by atoms with Crippen molar-refractivity contribution in [3.8, 4) is 0 Å². The molecule has 11 rings (SSSR count). The highest BCUT2D eigenvalue weighted by Crippen LogP contribution is 2.51. The summed E-state index contributed by atoms with van der Waals surface area (Å²) in [5.74, 6) is 0. The Kier molecular flexibility index (Phi) is 8.89. The number of aryl methyl sites for hydroxylation is 2. The van der Waals surface area contributed by atoms with Crippen LogP contribution in [0.1, 0.15) is 132 Å². The van der Waals surface area contributed by atoms with Gasteiger partial charge < -0.3 is 9.80 Å². The molecule has 63 heavy (non-hydrogen) atoms. The molecule has 4 heteroatoms. The van der Waals surface area contributed by atoms with Crippen molar-refractivity contribution in [1.29, 1.82) is 0 Å². The number of hydrogen-bond donors (Lipinski definition) is 0. The summed E-state index contributed by atoms with van der Waals surface area (Å²) in [6, 6.07) is 45.6. The summed E-state index contributed by atoms with van der Waals surface area (Å²) in [7, 11) is 0. The molecule has 0 saturated heterocycles. The van der Waals surface area contributed by atoms with Gasteiger partial charge in [-0.25, -0.2) is 0 Å². The summed E-state index contributed by atoms with van der Waals surface area (Å²) >= 11 is 1.95. The van der Waals surface area contributed by atoms with E-state index in [1.165, 1.54) is 123 Å². The van der Waals surface area contributed by atoms with Crippen LogP contribution in [0.4, 0.5) is 34.1 Å². The van der Waals surface area contributed by atoms with Crippen LogP contribution in [0.25, 0.3) is 15.7 Å². The molecule has 0 fully saturated rings. The van der Waals surface area contributed by atoms with Crippen LogP contribution in [0.5, 0.6) is 0 Å². The Balaban J connectivity index is 1.14. The van der Waals surface area contributed by atoms with E-state index in [0.717, 1.165) is 12.8 Å². The summed E-state index contributed by atoms with van der Waals surface area (Å²) in [4.78, 5) is 6.66. The molecule has 0 radical (unpaired) electrons. The highest BCUT2D eigenvalue weighted by molar-refractivity contribution is 7.20. The van der Waals surface area contributed by atoms with Crippen LogP contribution in [-0.4, -0.2) is 6.71 Å². The van der Waals surface area contributed by atoms with Gasteiger partial charge in [0, 0.05) is 43.7 Å². The van der Waals surface area contributed by atoms with Crippen LogP contribution < -0.4 is 26.2 Å². The van der Waals surface area contributed by atoms with Gasteiger partial charge in [-0.1, -0.05) is 136 Å². The molecule has 0 bridgehead atoms. The molecular formula is C59H61BN2S. The molecule has 1 aromatic heterocycles. The molecule has 2 aliphatic heterocycles. The number of nitrogens with zero attached hydrogens (tertiary/aromatic N) is 2. The molecule has 7 aromatic rings. The fourth-order valence-corrected chi connectivity index (χ4v) is 12.7. The molecule has 0 spiro atoms. The van der Waals surface area contributed by atoms with Crippen LogP contribution in [-0.2, 0) is 28.1 Å². The predicted molar refractivity (Wildman–Crippen MR) is 275 cm³/mol. The van der Waals surface area contributed by atoms with E-state index in [2.05, 4.69) is 207 Å². The Bertz CT molecular complexity index is 3050. The summed E-state index contributed by atoms with van der Waals surface area (Å²) < 4.78 is 1.39. The first kappa shape index (κ1) is 40.5. The van der Waals surface area contributed by atoms with Crippen LogP contribution in [0.15, 0.2) is 121 Å². The van der Waals surface area contributed by atoms with Gasteiger partial charge in [-0.3, -0.25) is 0 Å². The third-order valence-electron chi connectivity index (χ3n) is 15.2. The molecule has 4 aliphatic rings. The van der Waals surface area contributed by atoms with Crippen molar-refractivity contribution >= 4 is 84.2 Å². The maximum Gasteiger partial charge on any atom is 0.252 e. The lowest BCUT2D eigenvalue weighted by Crippen LogP contribution is -2.61. The van der Waals surface area contributed by atoms with Gasteiger partial charge in [0.2, 0.25) is 0 Å². The van der Waals surface area contributed by atoms with Crippen molar-refractivity contribution in [1.82, 2.24) is 0 Å². The molecule has 0 saturated carbocycles. The first-order chi connectivity index (χ1) is 29.9. The highest BCUT2D eigenvalue weighted by atomic mass is 32.1. The second-order valence-corrected chi connectivity index (χ2v) is 23.5. The average molecular weight is 841 g/mol. The van der Waals surface area contributed by atoms with E-state index < -0.39 is 0 Å². The first-order valence-electron chi connectivity index (χ1n) is 23.4. The lowest BCUT2D eigenvalue weighted by molar-refractivity contribution is 0.332. The topological polar surface area (TPSA) is 6.48 Å². The second kappa shape index (κ2) is 13.8. The molecule has 0 atom stereocenters. The lowest BCUT2D eigenvalue weighted by Gasteiger charge is -2.46. The van der Waals surface area contributed by atoms with Crippen molar-refractivity contribution in [2.75, 3.05) is 9.80 Å². The van der Waals surface area contributed by atoms with Gasteiger partial charge in [0.25, 0.3) is 6.71 Å². The zero-order valence-electron chi connectivity index (χ0n) is 39.3. The smallest absolute Gasteiger partial charge is 0.252 e. The number of hydrogen-bond acceptors (Lipinski definition) is 3. The van der Waals surface area contributed by atoms with Gasteiger partial charge in [0.1, 0.15) is 0 Å². The van der Waals surface area contributed by atoms with E-state index >= 15 is 0 Å². The minimum atomic E-state index is -0.00647. The fraction of sp³-hybridized carbons (Fsp3) is 0.322. The quantitative estimate of drug-likeness (QED) is 0.164. The normalized spacial score (nSPS) is 17.1. The Hall–Kier alpha value is -5.32. The molecule has 0 unspecified atom stereocenters. The van der Waals surface area contributed by atoms with Crippen LogP contribution >= 0.6 is 11.3 Å². The monoisotopic (exact) mass is 840 g/mol. The van der Waals surface area contributed by atoms with Gasteiger partial charge in [0.05, 0.1) is 0 Å². The van der Waals surface area contributed by atoms with Gasteiger partial charge in [-0.2, -0.15) is 0 Å². The van der Waals surface area contributed by atoms with Crippen LogP contribution in [0.3, 0.4) is 0 Å². The van der Waals surface area contributed by atoms with Gasteiger partial charge in [-0.05, 0) is 175 Å². The molecule has 2 nitrogen and oxygen atoms in total. The van der Waals surface area contributed by atoms with Crippen LogP contribution in [0, 0.1) is 6.92 Å². The number of thiophene rings is 1. The van der Waals surface area contributed by atoms with Crippen molar-refractivity contribution in [2.24, 2.45) is 0 Å². The molecule has 0 amide bonds. The zero-order valence-corrected chi connectivity index (χ0v) is 40.1. The molecule has 0 N–H and O–H groups in total. The largest absolute Gasteiger partial charge is 0.311 e. The SMILES string of the molecule is Cc1cc2c3c(c1)N(c1ccc(C4=CCCc5c4sc4ccccc54)cc1)c1cc(C(C)(C)C)ccc1B3c1cc(C(C)(C)C)ccc1N2c1ccc2c(c1)C(C)(C)CCC2(C)C. The van der Waals surface area contributed by atoms with E-state index in [1.807, 2.05) is 11.3 Å². The van der Waals surface area contributed by atoms with Gasteiger partial charge in [-0.15, -0.1) is 11.3 Å². The Morgan fingerprint density at radius 3 is 1.94 bits per heavy atom. The number of benzene rings is 6. The Morgan fingerprint density at radius 1 is 0.587 bits per heavy atom. The molecule has 316 valence electrons.